The van der Waals surface area contributed by atoms with Crippen molar-refractivity contribution < 1.29 is 24.2 Å². The third kappa shape index (κ3) is 4.88. The topological polar surface area (TPSA) is 72.8 Å². The smallest absolute Gasteiger partial charge is 0.338 e. The fourth-order valence-electron chi connectivity index (χ4n) is 8.37. The number of fused-ring (bicyclic) bond motifs is 1. The van der Waals surface area contributed by atoms with E-state index in [4.69, 9.17) is 9.47 Å². The maximum atomic E-state index is 13.3. The summed E-state index contributed by atoms with van der Waals surface area (Å²) in [5.74, 6) is 1.63. The number of unbranched alkanes of at least 4 members (excludes halogenated alkanes) is 2. The van der Waals surface area contributed by atoms with Crippen LogP contribution in [-0.2, 0) is 10.2 Å². The van der Waals surface area contributed by atoms with Crippen LogP contribution in [0.4, 0.5) is 0 Å². The highest BCUT2D eigenvalue weighted by atomic mass is 16.5. The number of hydrogen-bond donors (Lipinski definition) is 1. The number of esters is 1. The molecule has 0 saturated heterocycles. The molecule has 0 spiro atoms. The molecular formula is C35H40O5. The van der Waals surface area contributed by atoms with Gasteiger partial charge in [0.05, 0.1) is 24.3 Å². The lowest BCUT2D eigenvalue weighted by atomic mass is 9.47. The van der Waals surface area contributed by atoms with Gasteiger partial charge in [-0.05, 0) is 127 Å². The van der Waals surface area contributed by atoms with Gasteiger partial charge in [-0.1, -0.05) is 38.0 Å². The van der Waals surface area contributed by atoms with Gasteiger partial charge in [-0.15, -0.1) is 0 Å². The summed E-state index contributed by atoms with van der Waals surface area (Å²) in [6.45, 7) is 4.91. The molecule has 4 aliphatic carbocycles. The van der Waals surface area contributed by atoms with E-state index in [2.05, 4.69) is 19.1 Å². The van der Waals surface area contributed by atoms with Gasteiger partial charge in [0.1, 0.15) is 5.75 Å². The normalized spacial score (nSPS) is 24.8. The Labute approximate surface area is 236 Å². The molecule has 40 heavy (non-hydrogen) atoms. The monoisotopic (exact) mass is 540 g/mol. The van der Waals surface area contributed by atoms with E-state index in [9.17, 15) is 14.7 Å². The number of aromatic carboxylic acids is 1. The van der Waals surface area contributed by atoms with Crippen LogP contribution in [-0.4, -0.2) is 30.3 Å². The Kier molecular flexibility index (Phi) is 7.33. The minimum Gasteiger partial charge on any atom is -0.493 e. The number of carboxylic acid groups (broad SMARTS) is 1. The molecular weight excluding hydrogens is 500 g/mol. The molecule has 3 aromatic carbocycles. The maximum absolute atomic E-state index is 13.3. The molecule has 0 heterocycles. The van der Waals surface area contributed by atoms with Gasteiger partial charge in [0.15, 0.2) is 0 Å². The van der Waals surface area contributed by atoms with Gasteiger partial charge in [0, 0.05) is 5.56 Å². The molecule has 5 nitrogen and oxygen atoms in total. The quantitative estimate of drug-likeness (QED) is 0.206. The summed E-state index contributed by atoms with van der Waals surface area (Å²) in [5.41, 5.74) is 3.52. The van der Waals surface area contributed by atoms with Gasteiger partial charge in [0.25, 0.3) is 0 Å². The zero-order valence-corrected chi connectivity index (χ0v) is 23.7. The Hall–Kier alpha value is -3.34. The maximum Gasteiger partial charge on any atom is 0.338 e. The highest BCUT2D eigenvalue weighted by Crippen LogP contribution is 2.61. The number of rotatable bonds is 10. The number of hydrogen-bond acceptors (Lipinski definition) is 4. The van der Waals surface area contributed by atoms with E-state index in [1.807, 2.05) is 31.2 Å². The molecule has 0 aliphatic heterocycles. The molecule has 4 fully saturated rings. The van der Waals surface area contributed by atoms with E-state index in [-0.39, 0.29) is 16.9 Å². The highest BCUT2D eigenvalue weighted by molar-refractivity contribution is 6.02. The first kappa shape index (κ1) is 26.9. The fourth-order valence-corrected chi connectivity index (χ4v) is 8.37. The molecule has 0 aromatic heterocycles. The van der Waals surface area contributed by atoms with Crippen LogP contribution in [0.3, 0.4) is 0 Å². The molecule has 0 radical (unpaired) electrons. The molecule has 0 amide bonds. The van der Waals surface area contributed by atoms with Gasteiger partial charge in [-0.3, -0.25) is 0 Å². The van der Waals surface area contributed by atoms with E-state index in [0.29, 0.717) is 30.1 Å². The van der Waals surface area contributed by atoms with Crippen molar-refractivity contribution in [3.05, 3.63) is 65.2 Å². The van der Waals surface area contributed by atoms with Gasteiger partial charge in [-0.2, -0.15) is 0 Å². The predicted octanol–water partition coefficient (Wildman–Crippen LogP) is 8.42. The lowest BCUT2D eigenvalue weighted by Gasteiger charge is -2.57. The van der Waals surface area contributed by atoms with Gasteiger partial charge in [-0.25, -0.2) is 9.59 Å². The first-order valence-corrected chi connectivity index (χ1v) is 15.2. The Morgan fingerprint density at radius 3 is 2.25 bits per heavy atom. The van der Waals surface area contributed by atoms with Gasteiger partial charge >= 0.3 is 11.9 Å². The molecule has 210 valence electrons. The Morgan fingerprint density at radius 1 is 0.875 bits per heavy atom. The van der Waals surface area contributed by atoms with E-state index >= 15 is 0 Å². The van der Waals surface area contributed by atoms with Crippen LogP contribution >= 0.6 is 0 Å². The second kappa shape index (κ2) is 10.9. The van der Waals surface area contributed by atoms with Crippen molar-refractivity contribution in [1.82, 2.24) is 0 Å². The number of carboxylic acids is 1. The summed E-state index contributed by atoms with van der Waals surface area (Å²) in [7, 11) is 0. The average molecular weight is 541 g/mol. The van der Waals surface area contributed by atoms with Crippen molar-refractivity contribution in [2.24, 2.45) is 17.8 Å². The summed E-state index contributed by atoms with van der Waals surface area (Å²) in [6, 6.07) is 15.5. The molecule has 7 rings (SSSR count). The number of benzene rings is 3. The van der Waals surface area contributed by atoms with Crippen LogP contribution in [0.15, 0.2) is 48.5 Å². The SMILES string of the molecule is CCCCCOc1cccc(C(=O)O)c1-c1ccc2cc(C(=O)OCC)c(C34CC5CC(CC(C5)C3)C4)cc2c1. The summed E-state index contributed by atoms with van der Waals surface area (Å²) in [6.07, 6.45) is 10.5. The highest BCUT2D eigenvalue weighted by Gasteiger charge is 2.52. The standard InChI is InChI=1S/C35H40O5/c1-3-5-6-12-40-31-9-7-8-28(33(36)37)32(31)26-11-10-25-17-29(34(38)39-4-2)30(18-27(25)16-26)35-19-22-13-23(20-35)15-24(14-22)21-35/h7-11,16-18,22-24H,3-6,12-15,19-21H2,1-2H3,(H,36,37). The molecule has 0 atom stereocenters. The zero-order valence-electron chi connectivity index (χ0n) is 23.7. The summed E-state index contributed by atoms with van der Waals surface area (Å²) in [5, 5.41) is 12.0. The molecule has 3 aromatic rings. The van der Waals surface area contributed by atoms with Crippen LogP contribution in [0.5, 0.6) is 5.75 Å². The molecule has 4 bridgehead atoms. The van der Waals surface area contributed by atoms with Crippen LogP contribution in [0.1, 0.15) is 97.9 Å². The van der Waals surface area contributed by atoms with E-state index < -0.39 is 5.97 Å². The van der Waals surface area contributed by atoms with E-state index in [1.165, 1.54) is 19.3 Å². The first-order valence-electron chi connectivity index (χ1n) is 15.2. The molecule has 4 saturated carbocycles. The Balaban J connectivity index is 1.47. The fraction of sp³-hybridized carbons (Fsp3) is 0.486. The van der Waals surface area contributed by atoms with Crippen molar-refractivity contribution in [3.8, 4) is 16.9 Å². The molecule has 1 N–H and O–H groups in total. The van der Waals surface area contributed by atoms with Crippen molar-refractivity contribution in [2.75, 3.05) is 13.2 Å². The third-order valence-corrected chi connectivity index (χ3v) is 9.63. The van der Waals surface area contributed by atoms with E-state index in [0.717, 1.165) is 78.2 Å². The lowest BCUT2D eigenvalue weighted by molar-refractivity contribution is -0.00598. The van der Waals surface area contributed by atoms with Crippen LogP contribution in [0.25, 0.3) is 21.9 Å². The second-order valence-electron chi connectivity index (χ2n) is 12.4. The van der Waals surface area contributed by atoms with Crippen LogP contribution in [0.2, 0.25) is 0 Å². The van der Waals surface area contributed by atoms with Crippen molar-refractivity contribution >= 4 is 22.7 Å². The minimum absolute atomic E-state index is 0.0214. The number of carbonyl (C=O) groups excluding carboxylic acids is 1. The Morgan fingerprint density at radius 2 is 1.60 bits per heavy atom. The van der Waals surface area contributed by atoms with Crippen LogP contribution in [0, 0.1) is 17.8 Å². The molecule has 4 aliphatic rings. The van der Waals surface area contributed by atoms with Gasteiger partial charge in [0.2, 0.25) is 0 Å². The second-order valence-corrected chi connectivity index (χ2v) is 12.4. The summed E-state index contributed by atoms with van der Waals surface area (Å²) in [4.78, 5) is 25.6. The summed E-state index contributed by atoms with van der Waals surface area (Å²) >= 11 is 0. The van der Waals surface area contributed by atoms with Crippen molar-refractivity contribution in [2.45, 2.75) is 77.0 Å². The van der Waals surface area contributed by atoms with Crippen LogP contribution < -0.4 is 4.74 Å². The minimum atomic E-state index is -0.971. The van der Waals surface area contributed by atoms with Gasteiger partial charge < -0.3 is 14.6 Å². The Bertz CT molecular complexity index is 1400. The third-order valence-electron chi connectivity index (χ3n) is 9.63. The predicted molar refractivity (Wildman–Crippen MR) is 157 cm³/mol. The number of ether oxygens (including phenoxy) is 2. The largest absolute Gasteiger partial charge is 0.493 e. The lowest BCUT2D eigenvalue weighted by Crippen LogP contribution is -2.49. The average Bonchev–Trinajstić information content (AvgIpc) is 2.93. The van der Waals surface area contributed by atoms with Crippen molar-refractivity contribution in [1.29, 1.82) is 0 Å². The molecule has 5 heteroatoms. The number of carbonyl (C=O) groups is 2. The summed E-state index contributed by atoms with van der Waals surface area (Å²) < 4.78 is 11.7. The van der Waals surface area contributed by atoms with Crippen molar-refractivity contribution in [3.63, 3.8) is 0 Å². The zero-order chi connectivity index (χ0) is 27.9. The first-order chi connectivity index (χ1) is 19.4. The van der Waals surface area contributed by atoms with E-state index in [1.54, 1.807) is 12.1 Å². The molecule has 0 unspecified atom stereocenters.